The average Bonchev–Trinajstić information content (AvgIpc) is 2.26. The van der Waals surface area contributed by atoms with Gasteiger partial charge in [-0.25, -0.2) is 13.4 Å². The highest BCUT2D eigenvalue weighted by Gasteiger charge is 2.18. The zero-order valence-electron chi connectivity index (χ0n) is 7.84. The van der Waals surface area contributed by atoms with E-state index in [0.717, 1.165) is 0 Å². The van der Waals surface area contributed by atoms with Crippen LogP contribution in [0.1, 0.15) is 5.69 Å². The third-order valence-electron chi connectivity index (χ3n) is 1.47. The number of thiocarbonyl (C=S) groups is 1. The molecular weight excluding hydrogens is 250 g/mol. The molecule has 0 amide bonds. The second-order valence-electron chi connectivity index (χ2n) is 2.56. The molecule has 1 heterocycles. The highest BCUT2D eigenvalue weighted by molar-refractivity contribution is 7.89. The molecule has 0 atom stereocenters. The number of hydrogen-bond donors (Lipinski definition) is 3. The van der Waals surface area contributed by atoms with Crippen molar-refractivity contribution in [2.75, 3.05) is 0 Å². The predicted molar refractivity (Wildman–Crippen MR) is 59.2 cm³/mol. The normalized spacial score (nSPS) is 10.4. The van der Waals surface area contributed by atoms with E-state index in [1.807, 2.05) is 4.83 Å². The van der Waals surface area contributed by atoms with Gasteiger partial charge in [-0.1, -0.05) is 0 Å². The maximum absolute atomic E-state index is 11.6. The summed E-state index contributed by atoms with van der Waals surface area (Å²) >= 11 is 4.43. The lowest BCUT2D eigenvalue weighted by atomic mass is 10.4. The molecule has 1 aromatic rings. The summed E-state index contributed by atoms with van der Waals surface area (Å²) in [5.74, 6) is 0. The molecule has 0 aliphatic heterocycles. The van der Waals surface area contributed by atoms with Crippen LogP contribution in [-0.2, 0) is 10.0 Å². The fourth-order valence-electron chi connectivity index (χ4n) is 0.864. The monoisotopic (exact) mass is 257 g/mol. The van der Waals surface area contributed by atoms with E-state index in [2.05, 4.69) is 22.6 Å². The summed E-state index contributed by atoms with van der Waals surface area (Å²) in [6.07, 6.45) is 1.32. The maximum atomic E-state index is 11.6. The third-order valence-corrected chi connectivity index (χ3v) is 2.86. The SMILES string of the molecule is N#Cc1ncccc1S(=O)(=O)NNC(N)=S. The van der Waals surface area contributed by atoms with Gasteiger partial charge in [-0.05, 0) is 24.4 Å². The largest absolute Gasteiger partial charge is 0.375 e. The first-order valence-corrected chi connectivity index (χ1v) is 5.79. The number of hydrazine groups is 1. The van der Waals surface area contributed by atoms with Crippen molar-refractivity contribution >= 4 is 27.4 Å². The molecule has 0 bridgehead atoms. The zero-order valence-corrected chi connectivity index (χ0v) is 9.47. The summed E-state index contributed by atoms with van der Waals surface area (Å²) in [5.41, 5.74) is 6.92. The van der Waals surface area contributed by atoms with Crippen LogP contribution in [0.3, 0.4) is 0 Å². The van der Waals surface area contributed by atoms with E-state index in [4.69, 9.17) is 11.0 Å². The van der Waals surface area contributed by atoms with Crippen molar-refractivity contribution < 1.29 is 8.42 Å². The Hall–Kier alpha value is -1.76. The highest BCUT2D eigenvalue weighted by atomic mass is 32.2. The number of nitrogens with one attached hydrogen (secondary N) is 2. The molecule has 16 heavy (non-hydrogen) atoms. The quantitative estimate of drug-likeness (QED) is 0.468. The van der Waals surface area contributed by atoms with Gasteiger partial charge in [0.2, 0.25) is 0 Å². The lowest BCUT2D eigenvalue weighted by Crippen LogP contribution is -2.44. The Morgan fingerprint density at radius 3 is 2.88 bits per heavy atom. The molecule has 0 spiro atoms. The summed E-state index contributed by atoms with van der Waals surface area (Å²) in [7, 11) is -3.91. The molecule has 9 heteroatoms. The van der Waals surface area contributed by atoms with Gasteiger partial charge in [-0.3, -0.25) is 5.43 Å². The molecule has 0 aromatic carbocycles. The molecule has 0 aliphatic carbocycles. The lowest BCUT2D eigenvalue weighted by Gasteiger charge is -2.07. The van der Waals surface area contributed by atoms with E-state index in [1.54, 1.807) is 6.07 Å². The topological polar surface area (TPSA) is 121 Å². The van der Waals surface area contributed by atoms with Gasteiger partial charge < -0.3 is 5.73 Å². The highest BCUT2D eigenvalue weighted by Crippen LogP contribution is 2.10. The molecule has 1 rings (SSSR count). The van der Waals surface area contributed by atoms with Crippen molar-refractivity contribution in [1.82, 2.24) is 15.2 Å². The minimum Gasteiger partial charge on any atom is -0.375 e. The number of hydrogen-bond acceptors (Lipinski definition) is 5. The van der Waals surface area contributed by atoms with Crippen LogP contribution in [0.25, 0.3) is 0 Å². The minimum atomic E-state index is -3.91. The van der Waals surface area contributed by atoms with E-state index in [-0.39, 0.29) is 15.7 Å². The molecule has 0 fully saturated rings. The van der Waals surface area contributed by atoms with Crippen LogP contribution in [0, 0.1) is 11.3 Å². The number of nitriles is 1. The van der Waals surface area contributed by atoms with Crippen LogP contribution < -0.4 is 16.0 Å². The first-order valence-electron chi connectivity index (χ1n) is 3.90. The average molecular weight is 257 g/mol. The molecule has 0 unspecified atom stereocenters. The molecule has 0 saturated heterocycles. The van der Waals surface area contributed by atoms with Crippen LogP contribution in [0.2, 0.25) is 0 Å². The van der Waals surface area contributed by atoms with Crippen molar-refractivity contribution in [3.8, 4) is 6.07 Å². The van der Waals surface area contributed by atoms with Crippen molar-refractivity contribution in [2.24, 2.45) is 5.73 Å². The predicted octanol–water partition coefficient (Wildman–Crippen LogP) is -1.02. The fraction of sp³-hybridized carbons (Fsp3) is 0. The van der Waals surface area contributed by atoms with Crippen molar-refractivity contribution in [3.63, 3.8) is 0 Å². The Kier molecular flexibility index (Phi) is 3.73. The summed E-state index contributed by atoms with van der Waals surface area (Å²) in [6.45, 7) is 0. The number of pyridine rings is 1. The van der Waals surface area contributed by atoms with Gasteiger partial charge in [0.05, 0.1) is 0 Å². The Balaban J connectivity index is 3.08. The van der Waals surface area contributed by atoms with Crippen LogP contribution in [0.15, 0.2) is 23.2 Å². The van der Waals surface area contributed by atoms with Crippen LogP contribution in [-0.4, -0.2) is 18.5 Å². The van der Waals surface area contributed by atoms with Crippen LogP contribution >= 0.6 is 12.2 Å². The molecule has 0 radical (unpaired) electrons. The fourth-order valence-corrected chi connectivity index (χ4v) is 1.94. The number of nitrogens with zero attached hydrogens (tertiary/aromatic N) is 2. The number of rotatable bonds is 3. The second-order valence-corrected chi connectivity index (χ2v) is 4.65. The second kappa shape index (κ2) is 4.84. The molecule has 0 aliphatic rings. The van der Waals surface area contributed by atoms with Crippen molar-refractivity contribution in [3.05, 3.63) is 24.0 Å². The summed E-state index contributed by atoms with van der Waals surface area (Å²) in [4.78, 5) is 5.28. The van der Waals surface area contributed by atoms with Gasteiger partial charge in [0, 0.05) is 6.20 Å². The Morgan fingerprint density at radius 1 is 1.62 bits per heavy atom. The molecule has 0 saturated carbocycles. The first-order chi connectivity index (χ1) is 7.47. The third kappa shape index (κ3) is 2.86. The molecule has 1 aromatic heterocycles. The van der Waals surface area contributed by atoms with Gasteiger partial charge in [-0.2, -0.15) is 5.26 Å². The smallest absolute Gasteiger partial charge is 0.260 e. The standard InChI is InChI=1S/C7H7N5O2S2/c8-4-5-6(2-1-3-10-5)16(13,14)12-11-7(9)15/h1-3,12H,(H3,9,11,15). The number of nitrogens with two attached hydrogens (primary N) is 1. The van der Waals surface area contributed by atoms with Gasteiger partial charge >= 0.3 is 0 Å². The molecule has 84 valence electrons. The summed E-state index contributed by atoms with van der Waals surface area (Å²) in [6, 6.07) is 4.31. The van der Waals surface area contributed by atoms with E-state index < -0.39 is 10.0 Å². The van der Waals surface area contributed by atoms with Crippen LogP contribution in [0.5, 0.6) is 0 Å². The zero-order chi connectivity index (χ0) is 12.2. The first kappa shape index (κ1) is 12.3. The van der Waals surface area contributed by atoms with Gasteiger partial charge in [-0.15, -0.1) is 4.83 Å². The van der Waals surface area contributed by atoms with E-state index in [9.17, 15) is 8.42 Å². The van der Waals surface area contributed by atoms with E-state index in [1.165, 1.54) is 18.3 Å². The Labute approximate surface area is 97.3 Å². The van der Waals surface area contributed by atoms with E-state index >= 15 is 0 Å². The maximum Gasteiger partial charge on any atom is 0.260 e. The van der Waals surface area contributed by atoms with Crippen molar-refractivity contribution in [2.45, 2.75) is 4.90 Å². The molecule has 4 N–H and O–H groups in total. The van der Waals surface area contributed by atoms with Gasteiger partial charge in [0.25, 0.3) is 10.0 Å². The van der Waals surface area contributed by atoms with Crippen LogP contribution in [0.4, 0.5) is 0 Å². The van der Waals surface area contributed by atoms with Gasteiger partial charge in [0.1, 0.15) is 11.0 Å². The van der Waals surface area contributed by atoms with Crippen molar-refractivity contribution in [1.29, 1.82) is 5.26 Å². The molecular formula is C7H7N5O2S2. The summed E-state index contributed by atoms with van der Waals surface area (Å²) in [5, 5.41) is 8.45. The summed E-state index contributed by atoms with van der Waals surface area (Å²) < 4.78 is 23.3. The Bertz CT molecular complexity index is 548. The van der Waals surface area contributed by atoms with Gasteiger partial charge in [0.15, 0.2) is 10.8 Å². The van der Waals surface area contributed by atoms with E-state index in [0.29, 0.717) is 0 Å². The molecule has 7 nitrogen and oxygen atoms in total. The number of sulfonamides is 1. The minimum absolute atomic E-state index is 0.209. The lowest BCUT2D eigenvalue weighted by molar-refractivity contribution is 0.577. The Morgan fingerprint density at radius 2 is 2.31 bits per heavy atom. The number of aromatic nitrogens is 1.